The molecule has 2 aliphatic rings. The summed E-state index contributed by atoms with van der Waals surface area (Å²) in [5.74, 6) is -1.31. The van der Waals surface area contributed by atoms with Gasteiger partial charge in [-0.3, -0.25) is 14.4 Å². The van der Waals surface area contributed by atoms with Gasteiger partial charge in [-0.2, -0.15) is 18.4 Å². The van der Waals surface area contributed by atoms with Crippen molar-refractivity contribution in [3.63, 3.8) is 0 Å². The molecule has 1 spiro atoms. The number of likely N-dealkylation sites (N-methyl/N-ethyl adjacent to an activating group) is 1. The van der Waals surface area contributed by atoms with E-state index in [1.54, 1.807) is 18.2 Å². The molecule has 1 fully saturated rings. The summed E-state index contributed by atoms with van der Waals surface area (Å²) in [5, 5.41) is 13.0. The minimum Gasteiger partial charge on any atom is -0.351 e. The van der Waals surface area contributed by atoms with Crippen LogP contribution in [0.2, 0.25) is 0 Å². The Bertz CT molecular complexity index is 1560. The first-order valence-electron chi connectivity index (χ1n) is 12.9. The Morgan fingerprint density at radius 2 is 1.93 bits per heavy atom. The molecule has 0 aliphatic carbocycles. The van der Waals surface area contributed by atoms with Gasteiger partial charge in [0, 0.05) is 36.6 Å². The van der Waals surface area contributed by atoms with Crippen molar-refractivity contribution in [3.05, 3.63) is 65.4 Å². The first kappa shape index (κ1) is 27.2. The van der Waals surface area contributed by atoms with Crippen LogP contribution in [0.4, 0.5) is 18.9 Å². The molecule has 2 aromatic carbocycles. The monoisotopic (exact) mass is 551 g/mol. The Labute approximate surface area is 228 Å². The molecule has 8 nitrogen and oxygen atoms in total. The van der Waals surface area contributed by atoms with E-state index in [9.17, 15) is 32.8 Å². The van der Waals surface area contributed by atoms with Crippen LogP contribution < -0.4 is 5.32 Å². The standard InChI is InChI=1S/C29H28F3N5O3/c1-16(2)10-24(36(3)25(38)23-12-17-11-18(29(30,31)32)8-9-21(17)34-23)26(39)37-15-28(13-19(37)14-33)20-6-4-5-7-22(20)35-27(28)40/h4-9,11-12,16,19,24,34H,10,13,15H2,1-3H3,(H,35,40)/t19-,24-,28-/m0/s1. The summed E-state index contributed by atoms with van der Waals surface area (Å²) < 4.78 is 39.5. The third kappa shape index (κ3) is 4.47. The van der Waals surface area contributed by atoms with Crippen LogP contribution in [0, 0.1) is 17.2 Å². The second kappa shape index (κ2) is 9.70. The number of halogens is 3. The number of benzene rings is 2. The molecule has 5 rings (SSSR count). The number of rotatable bonds is 5. The van der Waals surface area contributed by atoms with Crippen LogP contribution in [0.1, 0.15) is 48.3 Å². The first-order chi connectivity index (χ1) is 18.9. The zero-order valence-electron chi connectivity index (χ0n) is 22.2. The fraction of sp³-hybridized carbons (Fsp3) is 0.379. The molecule has 0 bridgehead atoms. The summed E-state index contributed by atoms with van der Waals surface area (Å²) >= 11 is 0. The molecule has 208 valence electrons. The van der Waals surface area contributed by atoms with Crippen LogP contribution in [0.3, 0.4) is 0 Å². The molecule has 2 aliphatic heterocycles. The van der Waals surface area contributed by atoms with Gasteiger partial charge in [-0.1, -0.05) is 32.0 Å². The van der Waals surface area contributed by atoms with Gasteiger partial charge in [0.2, 0.25) is 11.8 Å². The Balaban J connectivity index is 1.45. The van der Waals surface area contributed by atoms with Crippen molar-refractivity contribution in [2.45, 2.75) is 50.4 Å². The summed E-state index contributed by atoms with van der Waals surface area (Å²) in [6.07, 6.45) is -4.11. The maximum Gasteiger partial charge on any atom is 0.416 e. The number of amides is 3. The molecule has 0 saturated carbocycles. The van der Waals surface area contributed by atoms with Crippen LogP contribution in [-0.2, 0) is 21.2 Å². The van der Waals surface area contributed by atoms with Crippen LogP contribution in [0.25, 0.3) is 10.9 Å². The van der Waals surface area contributed by atoms with Crippen molar-refractivity contribution < 1.29 is 27.6 Å². The number of carbonyl (C=O) groups excluding carboxylic acids is 3. The van der Waals surface area contributed by atoms with E-state index in [0.717, 1.165) is 17.7 Å². The van der Waals surface area contributed by atoms with E-state index < -0.39 is 41.1 Å². The normalized spacial score (nSPS) is 21.0. The summed E-state index contributed by atoms with van der Waals surface area (Å²) in [5.41, 5.74) is -0.119. The topological polar surface area (TPSA) is 109 Å². The van der Waals surface area contributed by atoms with Gasteiger partial charge in [0.15, 0.2) is 0 Å². The van der Waals surface area contributed by atoms with Gasteiger partial charge < -0.3 is 20.1 Å². The predicted octanol–water partition coefficient (Wildman–Crippen LogP) is 4.69. The van der Waals surface area contributed by atoms with E-state index in [0.29, 0.717) is 11.2 Å². The van der Waals surface area contributed by atoms with Crippen molar-refractivity contribution >= 4 is 34.3 Å². The number of aromatic amines is 1. The summed E-state index contributed by atoms with van der Waals surface area (Å²) in [7, 11) is 1.46. The number of hydrogen-bond donors (Lipinski definition) is 2. The lowest BCUT2D eigenvalue weighted by Gasteiger charge is -2.33. The van der Waals surface area contributed by atoms with Gasteiger partial charge in [0.1, 0.15) is 17.8 Å². The van der Waals surface area contributed by atoms with E-state index >= 15 is 0 Å². The molecule has 3 amide bonds. The third-order valence-electron chi connectivity index (χ3n) is 7.86. The average molecular weight is 552 g/mol. The molecule has 3 aromatic rings. The first-order valence-corrected chi connectivity index (χ1v) is 12.9. The minimum atomic E-state index is -4.53. The molecule has 0 unspecified atom stereocenters. The van der Waals surface area contributed by atoms with E-state index in [2.05, 4.69) is 16.4 Å². The van der Waals surface area contributed by atoms with Crippen molar-refractivity contribution in [1.29, 1.82) is 5.26 Å². The summed E-state index contributed by atoms with van der Waals surface area (Å²) in [6.45, 7) is 3.79. The molecular weight excluding hydrogens is 523 g/mol. The van der Waals surface area contributed by atoms with Gasteiger partial charge in [-0.05, 0) is 48.2 Å². The predicted molar refractivity (Wildman–Crippen MR) is 141 cm³/mol. The molecule has 2 N–H and O–H groups in total. The Hall–Kier alpha value is -4.33. The van der Waals surface area contributed by atoms with Crippen LogP contribution in [0.15, 0.2) is 48.5 Å². The SMILES string of the molecule is CC(C)C[C@@H](C(=O)N1C[C@]2(C[C@H]1C#N)C(=O)Nc1ccccc12)N(C)C(=O)c1cc2cc(C(F)(F)F)ccc2[nH]1. The van der Waals surface area contributed by atoms with Gasteiger partial charge in [0.05, 0.1) is 17.0 Å². The lowest BCUT2D eigenvalue weighted by atomic mass is 9.80. The smallest absolute Gasteiger partial charge is 0.351 e. The fourth-order valence-electron chi connectivity index (χ4n) is 5.80. The van der Waals surface area contributed by atoms with Crippen LogP contribution >= 0.6 is 0 Å². The third-order valence-corrected chi connectivity index (χ3v) is 7.86. The lowest BCUT2D eigenvalue weighted by molar-refractivity contribution is -0.138. The quantitative estimate of drug-likeness (QED) is 0.480. The minimum absolute atomic E-state index is 0.00383. The number of H-pyrrole nitrogens is 1. The highest BCUT2D eigenvalue weighted by Crippen LogP contribution is 2.46. The van der Waals surface area contributed by atoms with Crippen molar-refractivity contribution in [2.75, 3.05) is 18.9 Å². The van der Waals surface area contributed by atoms with Crippen molar-refractivity contribution in [1.82, 2.24) is 14.8 Å². The van der Waals surface area contributed by atoms with Gasteiger partial charge in [-0.25, -0.2) is 0 Å². The van der Waals surface area contributed by atoms with Crippen molar-refractivity contribution in [2.24, 2.45) is 5.92 Å². The summed E-state index contributed by atoms with van der Waals surface area (Å²) in [4.78, 5) is 46.2. The molecular formula is C29H28F3N5O3. The molecule has 0 radical (unpaired) electrons. The van der Waals surface area contributed by atoms with Gasteiger partial charge >= 0.3 is 6.18 Å². The fourth-order valence-corrected chi connectivity index (χ4v) is 5.80. The Morgan fingerprint density at radius 3 is 2.60 bits per heavy atom. The lowest BCUT2D eigenvalue weighted by Crippen LogP contribution is -2.52. The van der Waals surface area contributed by atoms with Crippen molar-refractivity contribution in [3.8, 4) is 6.07 Å². The van der Waals surface area contributed by atoms with E-state index in [-0.39, 0.29) is 42.3 Å². The zero-order chi connectivity index (χ0) is 29.0. The Morgan fingerprint density at radius 1 is 1.20 bits per heavy atom. The highest BCUT2D eigenvalue weighted by molar-refractivity contribution is 6.07. The number of alkyl halides is 3. The largest absolute Gasteiger partial charge is 0.416 e. The Kier molecular flexibility index (Phi) is 6.60. The molecule has 1 saturated heterocycles. The summed E-state index contributed by atoms with van der Waals surface area (Å²) in [6, 6.07) is 12.0. The molecule has 3 atom stereocenters. The number of fused-ring (bicyclic) bond motifs is 3. The van der Waals surface area contributed by atoms with Gasteiger partial charge in [0.25, 0.3) is 5.91 Å². The number of nitrogens with zero attached hydrogens (tertiary/aromatic N) is 3. The number of nitrogens with one attached hydrogen (secondary N) is 2. The maximum atomic E-state index is 14.0. The van der Waals surface area contributed by atoms with E-state index in [1.165, 1.54) is 29.0 Å². The van der Waals surface area contributed by atoms with Crippen LogP contribution in [0.5, 0.6) is 0 Å². The van der Waals surface area contributed by atoms with Gasteiger partial charge in [-0.15, -0.1) is 0 Å². The average Bonchev–Trinajstić information content (AvgIpc) is 3.59. The number of aromatic nitrogens is 1. The molecule has 40 heavy (non-hydrogen) atoms. The number of carbonyl (C=O) groups is 3. The second-order valence-electron chi connectivity index (χ2n) is 10.9. The van der Waals surface area contributed by atoms with Crippen LogP contribution in [-0.4, -0.2) is 58.2 Å². The van der Waals surface area contributed by atoms with E-state index in [1.807, 2.05) is 19.9 Å². The zero-order valence-corrected chi connectivity index (χ0v) is 22.2. The maximum absolute atomic E-state index is 14.0. The number of nitriles is 1. The molecule has 11 heteroatoms. The second-order valence-corrected chi connectivity index (χ2v) is 10.9. The number of likely N-dealkylation sites (tertiary alicyclic amines) is 1. The molecule has 3 heterocycles. The molecule has 1 aromatic heterocycles. The highest BCUT2D eigenvalue weighted by Gasteiger charge is 2.56. The highest BCUT2D eigenvalue weighted by atomic mass is 19.4. The van der Waals surface area contributed by atoms with E-state index in [4.69, 9.17) is 0 Å². The number of anilines is 1. The number of hydrogen-bond acceptors (Lipinski definition) is 4. The number of para-hydroxylation sites is 1.